The number of rotatable bonds is 4. The standard InChI is InChI=1S/C48H30O/c1-3-13-31(14-4-1)33-23-27-45-43(29-33)44-30-34(24-28-46(44)49-45)35-25-26-42(37-18-8-7-17-36(35)37)48-40-21-11-9-19-38(40)47(32-15-5-2-6-16-32)39-20-10-12-22-41(39)48/h1-30H/i1D,2D,3D,4D,5D,6D,9D,10D,11D,12D,13D,14D,15D,16D,17D,18D,19D,20D,21D,22D,23D,24D,25D,26D,27D,28D,29D,30D. The molecule has 0 unspecified atom stereocenters. The van der Waals surface area contributed by atoms with E-state index < -0.39 is 268 Å². The van der Waals surface area contributed by atoms with Crippen LogP contribution in [0.3, 0.4) is 0 Å². The van der Waals surface area contributed by atoms with Crippen LogP contribution in [0, 0.1) is 0 Å². The van der Waals surface area contributed by atoms with Gasteiger partial charge in [0.25, 0.3) is 0 Å². The largest absolute Gasteiger partial charge is 0.456 e. The Kier molecular flexibility index (Phi) is 2.63. The fourth-order valence-electron chi connectivity index (χ4n) is 5.94. The molecule has 0 aliphatic carbocycles. The molecule has 0 atom stereocenters. The summed E-state index contributed by atoms with van der Waals surface area (Å²) in [5, 5.41) is -4.78. The third-order valence-electron chi connectivity index (χ3n) is 7.99. The van der Waals surface area contributed by atoms with Gasteiger partial charge in [-0.15, -0.1) is 0 Å². The Morgan fingerprint density at radius 1 is 0.306 bits per heavy atom. The Labute approximate surface area is 323 Å². The van der Waals surface area contributed by atoms with E-state index in [0.717, 1.165) is 12.1 Å². The Balaban J connectivity index is 1.44. The van der Waals surface area contributed by atoms with E-state index in [2.05, 4.69) is 0 Å². The Morgan fingerprint density at radius 2 is 0.776 bits per heavy atom. The van der Waals surface area contributed by atoms with Crippen molar-refractivity contribution in [2.75, 3.05) is 0 Å². The van der Waals surface area contributed by atoms with E-state index in [1.807, 2.05) is 0 Å². The lowest BCUT2D eigenvalue weighted by Gasteiger charge is -2.19. The van der Waals surface area contributed by atoms with Gasteiger partial charge in [-0.3, -0.25) is 0 Å². The van der Waals surface area contributed by atoms with Crippen LogP contribution < -0.4 is 0 Å². The molecule has 0 spiro atoms. The van der Waals surface area contributed by atoms with Gasteiger partial charge in [-0.1, -0.05) is 157 Å². The second-order valence-corrected chi connectivity index (χ2v) is 10.6. The average Bonchev–Trinajstić information content (AvgIpc) is 3.99. The third-order valence-corrected chi connectivity index (χ3v) is 7.99. The summed E-state index contributed by atoms with van der Waals surface area (Å²) in [5.41, 5.74) is -6.57. The summed E-state index contributed by atoms with van der Waals surface area (Å²) >= 11 is 0. The molecule has 0 radical (unpaired) electrons. The molecule has 9 aromatic carbocycles. The number of furan rings is 1. The summed E-state index contributed by atoms with van der Waals surface area (Å²) < 4.78 is 258. The van der Waals surface area contributed by atoms with Crippen molar-refractivity contribution in [3.05, 3.63) is 181 Å². The topological polar surface area (TPSA) is 13.1 Å². The molecule has 228 valence electrons. The fourth-order valence-corrected chi connectivity index (χ4v) is 5.94. The van der Waals surface area contributed by atoms with Gasteiger partial charge in [0.15, 0.2) is 0 Å². The number of benzene rings is 9. The lowest BCUT2D eigenvalue weighted by Crippen LogP contribution is -1.92. The summed E-state index contributed by atoms with van der Waals surface area (Å²) in [6.45, 7) is 0. The minimum atomic E-state index is -1.01. The second-order valence-electron chi connectivity index (χ2n) is 10.6. The Morgan fingerprint density at radius 3 is 1.39 bits per heavy atom. The van der Waals surface area contributed by atoms with E-state index in [9.17, 15) is 16.4 Å². The number of fused-ring (bicyclic) bond motifs is 6. The first kappa shape index (κ1) is 11.6. The third kappa shape index (κ3) is 4.40. The van der Waals surface area contributed by atoms with E-state index in [-0.39, 0.29) is 0 Å². The molecule has 1 heteroatoms. The summed E-state index contributed by atoms with van der Waals surface area (Å²) in [6.07, 6.45) is 0. The first-order chi connectivity index (χ1) is 36.0. The fraction of sp³-hybridized carbons (Fsp3) is 0. The lowest BCUT2D eigenvalue weighted by molar-refractivity contribution is 0.669. The van der Waals surface area contributed by atoms with Crippen LogP contribution in [0.5, 0.6) is 0 Å². The van der Waals surface area contributed by atoms with Gasteiger partial charge < -0.3 is 4.42 Å². The molecule has 0 aliphatic rings. The highest BCUT2D eigenvalue weighted by Crippen LogP contribution is 2.46. The smallest absolute Gasteiger partial charge is 0.135 e. The van der Waals surface area contributed by atoms with Crippen molar-refractivity contribution in [3.8, 4) is 44.5 Å². The molecule has 1 heterocycles. The zero-order valence-electron chi connectivity index (χ0n) is 52.6. The van der Waals surface area contributed by atoms with Crippen molar-refractivity contribution >= 4 is 54.3 Å². The lowest BCUT2D eigenvalue weighted by atomic mass is 9.84. The van der Waals surface area contributed by atoms with E-state index >= 15 is 0 Å². The second kappa shape index (κ2) is 11.1. The van der Waals surface area contributed by atoms with Crippen LogP contribution in [0.25, 0.3) is 98.8 Å². The maximum Gasteiger partial charge on any atom is 0.135 e. The maximum atomic E-state index is 9.90. The average molecular weight is 651 g/mol. The molecule has 0 saturated heterocycles. The van der Waals surface area contributed by atoms with Crippen molar-refractivity contribution in [2.24, 2.45) is 0 Å². The van der Waals surface area contributed by atoms with Crippen LogP contribution >= 0.6 is 0 Å². The van der Waals surface area contributed by atoms with Crippen LogP contribution in [-0.2, 0) is 0 Å². The monoisotopic (exact) mass is 650 g/mol. The molecule has 0 bridgehead atoms. The van der Waals surface area contributed by atoms with Gasteiger partial charge in [0, 0.05) is 10.8 Å². The minimum Gasteiger partial charge on any atom is -0.456 e. The molecule has 1 aromatic heterocycles. The molecule has 0 saturated carbocycles. The summed E-state index contributed by atoms with van der Waals surface area (Å²) in [7, 11) is 0. The van der Waals surface area contributed by atoms with Gasteiger partial charge in [-0.2, -0.15) is 0 Å². The van der Waals surface area contributed by atoms with Crippen LogP contribution in [0.4, 0.5) is 0 Å². The van der Waals surface area contributed by atoms with Crippen LogP contribution in [-0.4, -0.2) is 0 Å². The van der Waals surface area contributed by atoms with Gasteiger partial charge in [0.2, 0.25) is 0 Å². The summed E-state index contributed by atoms with van der Waals surface area (Å²) in [4.78, 5) is 0. The Bertz CT molecular complexity index is 4340. The molecule has 1 nitrogen and oxygen atoms in total. The van der Waals surface area contributed by atoms with Gasteiger partial charge in [-0.25, -0.2) is 0 Å². The van der Waals surface area contributed by atoms with Crippen molar-refractivity contribution in [1.82, 2.24) is 0 Å². The van der Waals surface area contributed by atoms with E-state index in [4.69, 9.17) is 26.3 Å². The predicted molar refractivity (Wildman–Crippen MR) is 208 cm³/mol. The zero-order chi connectivity index (χ0) is 56.7. The van der Waals surface area contributed by atoms with Gasteiger partial charge in [0.05, 0.1) is 38.4 Å². The van der Waals surface area contributed by atoms with Crippen molar-refractivity contribution in [3.63, 3.8) is 0 Å². The molecule has 0 N–H and O–H groups in total. The van der Waals surface area contributed by atoms with E-state index in [0.29, 0.717) is 0 Å². The molecular weight excluding hydrogens is 593 g/mol. The molecule has 0 fully saturated rings. The highest BCUT2D eigenvalue weighted by atomic mass is 16.3. The molecule has 49 heavy (non-hydrogen) atoms. The van der Waals surface area contributed by atoms with Crippen molar-refractivity contribution in [2.45, 2.75) is 0 Å². The quantitative estimate of drug-likeness (QED) is 0.173. The number of hydrogen-bond acceptors (Lipinski definition) is 1. The summed E-state index contributed by atoms with van der Waals surface area (Å²) in [5.74, 6) is 0. The van der Waals surface area contributed by atoms with Crippen LogP contribution in [0.2, 0.25) is 0 Å². The van der Waals surface area contributed by atoms with Gasteiger partial charge in [0.1, 0.15) is 11.2 Å². The first-order valence-electron chi connectivity index (χ1n) is 28.6. The highest BCUT2D eigenvalue weighted by molar-refractivity contribution is 6.24. The molecule has 0 amide bonds. The maximum absolute atomic E-state index is 9.90. The highest BCUT2D eigenvalue weighted by Gasteiger charge is 2.19. The van der Waals surface area contributed by atoms with Gasteiger partial charge >= 0.3 is 0 Å². The van der Waals surface area contributed by atoms with Crippen molar-refractivity contribution in [1.29, 1.82) is 0 Å². The van der Waals surface area contributed by atoms with Crippen LogP contribution in [0.1, 0.15) is 38.4 Å². The minimum absolute atomic E-state index is 0.506. The predicted octanol–water partition coefficient (Wildman–Crippen LogP) is 13.7. The van der Waals surface area contributed by atoms with E-state index in [1.54, 1.807) is 0 Å². The van der Waals surface area contributed by atoms with Crippen molar-refractivity contribution < 1.29 is 42.8 Å². The normalized spacial score (nSPS) is 19.7. The van der Waals surface area contributed by atoms with Crippen LogP contribution in [0.15, 0.2) is 186 Å². The summed E-state index contributed by atoms with van der Waals surface area (Å²) in [6, 6.07) is -22.5. The zero-order valence-corrected chi connectivity index (χ0v) is 24.6. The molecule has 10 rings (SSSR count). The SMILES string of the molecule is [2H]c1c([2H])c([2H])c(-c2c([2H])c([2H])c3oc4c([2H])c([2H])c(-c5c([2H])c([2H])c(-c6c7c([2H])c([2H])c([2H])c([2H])c7c(-c7c([2H])c([2H])c([2H])c([2H])c7[2H])c7c([2H])c([2H])c([2H])c([2H])c67)c6c([2H])ccc([2H])c56)c([2H])c4c3c2[2H])c([2H])c1[2H]. The Hall–Kier alpha value is -6.44. The van der Waals surface area contributed by atoms with E-state index in [1.165, 1.54) is 0 Å². The molecule has 10 aromatic rings. The first-order valence-corrected chi connectivity index (χ1v) is 14.6. The molecule has 0 aliphatic heterocycles. The number of hydrogen-bond donors (Lipinski definition) is 0. The molecular formula is C48H30O. The van der Waals surface area contributed by atoms with Gasteiger partial charge in [-0.05, 0) is 101 Å².